The Morgan fingerprint density at radius 2 is 2.26 bits per heavy atom. The van der Waals surface area contributed by atoms with Crippen LogP contribution in [0.1, 0.15) is 38.7 Å². The van der Waals surface area contributed by atoms with E-state index in [0.29, 0.717) is 12.1 Å². The van der Waals surface area contributed by atoms with E-state index < -0.39 is 0 Å². The van der Waals surface area contributed by atoms with Crippen molar-refractivity contribution in [2.24, 2.45) is 0 Å². The maximum Gasteiger partial charge on any atom is 0.0237 e. The van der Waals surface area contributed by atoms with Crippen molar-refractivity contribution in [1.82, 2.24) is 10.2 Å². The van der Waals surface area contributed by atoms with Gasteiger partial charge >= 0.3 is 0 Å². The minimum absolute atomic E-state index is 0.655. The zero-order valence-corrected chi connectivity index (χ0v) is 13.6. The minimum atomic E-state index is 0.655. The van der Waals surface area contributed by atoms with Gasteiger partial charge in [0.2, 0.25) is 0 Å². The summed E-state index contributed by atoms with van der Waals surface area (Å²) in [6.07, 6.45) is 3.78. The number of nitrogens with one attached hydrogen (secondary N) is 1. The highest BCUT2D eigenvalue weighted by molar-refractivity contribution is 9.10. The van der Waals surface area contributed by atoms with Gasteiger partial charge in [0.1, 0.15) is 0 Å². The van der Waals surface area contributed by atoms with Crippen LogP contribution in [0.4, 0.5) is 0 Å². The molecule has 3 heteroatoms. The first-order valence-corrected chi connectivity index (χ1v) is 8.20. The zero-order valence-electron chi connectivity index (χ0n) is 12.0. The van der Waals surface area contributed by atoms with E-state index >= 15 is 0 Å². The van der Waals surface area contributed by atoms with Crippen LogP contribution in [0.3, 0.4) is 0 Å². The van der Waals surface area contributed by atoms with Crippen molar-refractivity contribution in [3.8, 4) is 0 Å². The largest absolute Gasteiger partial charge is 0.313 e. The van der Waals surface area contributed by atoms with Crippen LogP contribution in [0.2, 0.25) is 0 Å². The van der Waals surface area contributed by atoms with Gasteiger partial charge in [0.25, 0.3) is 0 Å². The third kappa shape index (κ3) is 4.59. The van der Waals surface area contributed by atoms with E-state index in [1.165, 1.54) is 35.8 Å². The van der Waals surface area contributed by atoms with Crippen LogP contribution in [0, 0.1) is 0 Å². The van der Waals surface area contributed by atoms with Gasteiger partial charge in [0, 0.05) is 29.6 Å². The van der Waals surface area contributed by atoms with Gasteiger partial charge < -0.3 is 5.32 Å². The van der Waals surface area contributed by atoms with Crippen LogP contribution < -0.4 is 5.32 Å². The zero-order chi connectivity index (χ0) is 13.7. The smallest absolute Gasteiger partial charge is 0.0237 e. The van der Waals surface area contributed by atoms with Crippen molar-refractivity contribution < 1.29 is 0 Å². The van der Waals surface area contributed by atoms with Crippen molar-refractivity contribution in [2.45, 2.75) is 51.7 Å². The van der Waals surface area contributed by atoms with Crippen LogP contribution in [0.15, 0.2) is 28.7 Å². The molecular formula is C16H25BrN2. The highest BCUT2D eigenvalue weighted by atomic mass is 79.9. The Labute approximate surface area is 125 Å². The molecule has 1 fully saturated rings. The number of halogens is 1. The molecule has 1 aliphatic rings. The Morgan fingerprint density at radius 3 is 3.00 bits per heavy atom. The number of hydrogen-bond acceptors (Lipinski definition) is 2. The molecule has 19 heavy (non-hydrogen) atoms. The van der Waals surface area contributed by atoms with E-state index in [4.69, 9.17) is 0 Å². The lowest BCUT2D eigenvalue weighted by molar-refractivity contribution is 0.193. The van der Waals surface area contributed by atoms with Crippen LogP contribution in [-0.2, 0) is 6.54 Å². The standard InChI is InChI=1S/C16H25BrN2/c1-3-5-16-12-19(13(2)8-9-18-16)11-14-6-4-7-15(17)10-14/h4,6-7,10,13,16,18H,3,5,8-9,11-12H2,1-2H3. The molecule has 1 aromatic carbocycles. The molecule has 1 aliphatic heterocycles. The molecule has 1 N–H and O–H groups in total. The van der Waals surface area contributed by atoms with Gasteiger partial charge in [0.15, 0.2) is 0 Å². The summed E-state index contributed by atoms with van der Waals surface area (Å²) in [7, 11) is 0. The maximum absolute atomic E-state index is 3.69. The average Bonchev–Trinajstić information content (AvgIpc) is 2.53. The minimum Gasteiger partial charge on any atom is -0.313 e. The van der Waals surface area contributed by atoms with Crippen molar-refractivity contribution in [3.05, 3.63) is 34.3 Å². The van der Waals surface area contributed by atoms with Gasteiger partial charge in [-0.2, -0.15) is 0 Å². The van der Waals surface area contributed by atoms with Gasteiger partial charge in [-0.05, 0) is 44.0 Å². The summed E-state index contributed by atoms with van der Waals surface area (Å²) in [5.41, 5.74) is 1.40. The number of benzene rings is 1. The van der Waals surface area contributed by atoms with Crippen molar-refractivity contribution >= 4 is 15.9 Å². The fourth-order valence-electron chi connectivity index (χ4n) is 2.84. The fraction of sp³-hybridized carbons (Fsp3) is 0.625. The first kappa shape index (κ1) is 15.0. The lowest BCUT2D eigenvalue weighted by Gasteiger charge is -2.29. The van der Waals surface area contributed by atoms with E-state index in [-0.39, 0.29) is 0 Å². The highest BCUT2D eigenvalue weighted by Crippen LogP contribution is 2.18. The molecule has 2 unspecified atom stereocenters. The lowest BCUT2D eigenvalue weighted by Crippen LogP contribution is -2.39. The third-order valence-electron chi connectivity index (χ3n) is 3.99. The van der Waals surface area contributed by atoms with Gasteiger partial charge in [0.05, 0.1) is 0 Å². The molecular weight excluding hydrogens is 300 g/mol. The maximum atomic E-state index is 3.69. The predicted octanol–water partition coefficient (Wildman–Crippen LogP) is 3.80. The van der Waals surface area contributed by atoms with Crippen LogP contribution in [-0.4, -0.2) is 30.1 Å². The Balaban J connectivity index is 2.02. The molecule has 2 atom stereocenters. The molecule has 0 saturated carbocycles. The van der Waals surface area contributed by atoms with Crippen molar-refractivity contribution in [3.63, 3.8) is 0 Å². The molecule has 1 saturated heterocycles. The Bertz CT molecular complexity index is 394. The second-order valence-corrected chi connectivity index (χ2v) is 6.55. The van der Waals surface area contributed by atoms with Crippen LogP contribution >= 0.6 is 15.9 Å². The molecule has 0 aliphatic carbocycles. The molecule has 0 amide bonds. The van der Waals surface area contributed by atoms with E-state index in [2.05, 4.69) is 64.3 Å². The molecule has 0 radical (unpaired) electrons. The first-order chi connectivity index (χ1) is 9.19. The summed E-state index contributed by atoms with van der Waals surface area (Å²) in [6, 6.07) is 10.0. The molecule has 1 heterocycles. The Morgan fingerprint density at radius 1 is 1.42 bits per heavy atom. The predicted molar refractivity (Wildman–Crippen MR) is 85.3 cm³/mol. The molecule has 106 valence electrons. The molecule has 0 spiro atoms. The van der Waals surface area contributed by atoms with E-state index in [1.54, 1.807) is 0 Å². The summed E-state index contributed by atoms with van der Waals surface area (Å²) >= 11 is 3.56. The monoisotopic (exact) mass is 324 g/mol. The number of hydrogen-bond donors (Lipinski definition) is 1. The SMILES string of the molecule is CCCC1CN(Cc2cccc(Br)c2)C(C)CCN1. The van der Waals surface area contributed by atoms with Gasteiger partial charge in [-0.3, -0.25) is 4.90 Å². The highest BCUT2D eigenvalue weighted by Gasteiger charge is 2.22. The first-order valence-electron chi connectivity index (χ1n) is 7.41. The molecule has 0 aromatic heterocycles. The summed E-state index contributed by atoms with van der Waals surface area (Å²) in [5, 5.41) is 3.69. The summed E-state index contributed by atoms with van der Waals surface area (Å²) in [5.74, 6) is 0. The van der Waals surface area contributed by atoms with Crippen molar-refractivity contribution in [1.29, 1.82) is 0 Å². The Kier molecular flexibility index (Phi) is 5.86. The van der Waals surface area contributed by atoms with Gasteiger partial charge in [-0.1, -0.05) is 41.4 Å². The summed E-state index contributed by atoms with van der Waals surface area (Å²) in [4.78, 5) is 2.63. The topological polar surface area (TPSA) is 15.3 Å². The molecule has 2 nitrogen and oxygen atoms in total. The second kappa shape index (κ2) is 7.41. The van der Waals surface area contributed by atoms with E-state index in [1.807, 2.05) is 0 Å². The second-order valence-electron chi connectivity index (χ2n) is 5.64. The van der Waals surface area contributed by atoms with Crippen molar-refractivity contribution in [2.75, 3.05) is 13.1 Å². The summed E-state index contributed by atoms with van der Waals surface area (Å²) in [6.45, 7) is 8.01. The third-order valence-corrected chi connectivity index (χ3v) is 4.48. The Hall–Kier alpha value is -0.380. The number of rotatable bonds is 4. The number of nitrogens with zero attached hydrogens (tertiary/aromatic N) is 1. The quantitative estimate of drug-likeness (QED) is 0.906. The van der Waals surface area contributed by atoms with E-state index in [0.717, 1.165) is 13.1 Å². The lowest BCUT2D eigenvalue weighted by atomic mass is 10.1. The summed E-state index contributed by atoms with van der Waals surface area (Å²) < 4.78 is 1.18. The fourth-order valence-corrected chi connectivity index (χ4v) is 3.29. The van der Waals surface area contributed by atoms with Gasteiger partial charge in [-0.25, -0.2) is 0 Å². The molecule has 0 bridgehead atoms. The van der Waals surface area contributed by atoms with Gasteiger partial charge in [-0.15, -0.1) is 0 Å². The molecule has 2 rings (SSSR count). The normalized spacial score (nSPS) is 25.2. The van der Waals surface area contributed by atoms with Crippen LogP contribution in [0.5, 0.6) is 0 Å². The van der Waals surface area contributed by atoms with Crippen LogP contribution in [0.25, 0.3) is 0 Å². The van der Waals surface area contributed by atoms with E-state index in [9.17, 15) is 0 Å². The average molecular weight is 325 g/mol. The molecule has 1 aromatic rings.